The van der Waals surface area contributed by atoms with Gasteiger partial charge in [0, 0.05) is 0 Å². The lowest BCUT2D eigenvalue weighted by Crippen LogP contribution is -1.82. The van der Waals surface area contributed by atoms with Gasteiger partial charge in [-0.3, -0.25) is 0 Å². The molecule has 70 valence electrons. The third-order valence-corrected chi connectivity index (χ3v) is 1.81. The van der Waals surface area contributed by atoms with Crippen molar-refractivity contribution >= 4 is 0 Å². The molecule has 0 saturated heterocycles. The van der Waals surface area contributed by atoms with Crippen LogP contribution in [0.3, 0.4) is 0 Å². The minimum absolute atomic E-state index is 0.330. The Morgan fingerprint density at radius 3 is 2.38 bits per heavy atom. The van der Waals surface area contributed by atoms with E-state index in [0.717, 1.165) is 6.42 Å². The summed E-state index contributed by atoms with van der Waals surface area (Å²) in [6, 6.07) is 7.33. The van der Waals surface area contributed by atoms with Crippen LogP contribution in [0.25, 0.3) is 0 Å². The first-order valence-electron chi connectivity index (χ1n) is 4.63. The van der Waals surface area contributed by atoms with Crippen LogP contribution in [0.1, 0.15) is 19.4 Å². The molecule has 13 heavy (non-hydrogen) atoms. The average Bonchev–Trinajstić information content (AvgIpc) is 2.08. The Balaban J connectivity index is 2.50. The maximum Gasteiger partial charge on any atom is 0.115 e. The SMILES string of the molecule is CC(C)C=CCc1ccc(O)cc1. The predicted molar refractivity (Wildman–Crippen MR) is 55.8 cm³/mol. The number of rotatable bonds is 3. The van der Waals surface area contributed by atoms with Crippen LogP contribution in [0, 0.1) is 5.92 Å². The van der Waals surface area contributed by atoms with E-state index in [0.29, 0.717) is 11.7 Å². The number of phenolic OH excluding ortho intramolecular Hbond substituents is 1. The minimum Gasteiger partial charge on any atom is -0.508 e. The molecule has 0 aliphatic rings. The van der Waals surface area contributed by atoms with Gasteiger partial charge in [-0.05, 0) is 30.0 Å². The zero-order valence-corrected chi connectivity index (χ0v) is 8.20. The largest absolute Gasteiger partial charge is 0.508 e. The highest BCUT2D eigenvalue weighted by Gasteiger charge is 1.90. The summed E-state index contributed by atoms with van der Waals surface area (Å²) in [5.74, 6) is 0.939. The van der Waals surface area contributed by atoms with E-state index in [1.807, 2.05) is 12.1 Å². The molecule has 0 atom stereocenters. The monoisotopic (exact) mass is 176 g/mol. The van der Waals surface area contributed by atoms with Gasteiger partial charge in [-0.2, -0.15) is 0 Å². The highest BCUT2D eigenvalue weighted by Crippen LogP contribution is 2.10. The Morgan fingerprint density at radius 2 is 1.85 bits per heavy atom. The molecule has 1 rings (SSSR count). The molecule has 0 unspecified atom stereocenters. The van der Waals surface area contributed by atoms with Crippen molar-refractivity contribution in [2.75, 3.05) is 0 Å². The molecule has 1 nitrogen and oxygen atoms in total. The van der Waals surface area contributed by atoms with E-state index in [2.05, 4.69) is 26.0 Å². The standard InChI is InChI=1S/C12H16O/c1-10(2)4-3-5-11-6-8-12(13)9-7-11/h3-4,6-10,13H,5H2,1-2H3. The van der Waals surface area contributed by atoms with Gasteiger partial charge in [0.25, 0.3) is 0 Å². The number of allylic oxidation sites excluding steroid dienone is 2. The lowest BCUT2D eigenvalue weighted by Gasteiger charge is -1.97. The van der Waals surface area contributed by atoms with E-state index in [-0.39, 0.29) is 0 Å². The molecule has 1 heteroatoms. The van der Waals surface area contributed by atoms with E-state index in [9.17, 15) is 0 Å². The smallest absolute Gasteiger partial charge is 0.115 e. The molecule has 0 fully saturated rings. The van der Waals surface area contributed by atoms with Gasteiger partial charge in [0.05, 0.1) is 0 Å². The first-order chi connectivity index (χ1) is 6.18. The maximum atomic E-state index is 9.05. The molecular formula is C12H16O. The summed E-state index contributed by atoms with van der Waals surface area (Å²) in [5.41, 5.74) is 1.23. The molecule has 1 N–H and O–H groups in total. The fraction of sp³-hybridized carbons (Fsp3) is 0.333. The lowest BCUT2D eigenvalue weighted by molar-refractivity contribution is 0.475. The maximum absolute atomic E-state index is 9.05. The normalized spacial score (nSPS) is 11.3. The summed E-state index contributed by atoms with van der Waals surface area (Å²) >= 11 is 0. The molecule has 0 heterocycles. The Bertz CT molecular complexity index is 270. The molecule has 0 radical (unpaired) electrons. The number of benzene rings is 1. The predicted octanol–water partition coefficient (Wildman–Crippen LogP) is 3.15. The number of hydrogen-bond donors (Lipinski definition) is 1. The average molecular weight is 176 g/mol. The van der Waals surface area contributed by atoms with Crippen molar-refractivity contribution in [2.24, 2.45) is 5.92 Å². The second-order valence-electron chi connectivity index (χ2n) is 3.54. The van der Waals surface area contributed by atoms with E-state index in [1.165, 1.54) is 5.56 Å². The molecule has 0 saturated carbocycles. The highest BCUT2D eigenvalue weighted by molar-refractivity contribution is 5.27. The summed E-state index contributed by atoms with van der Waals surface area (Å²) < 4.78 is 0. The van der Waals surface area contributed by atoms with Gasteiger partial charge in [0.1, 0.15) is 5.75 Å². The van der Waals surface area contributed by atoms with Crippen molar-refractivity contribution in [1.29, 1.82) is 0 Å². The van der Waals surface area contributed by atoms with Crippen LogP contribution in [-0.4, -0.2) is 5.11 Å². The van der Waals surface area contributed by atoms with Crippen LogP contribution >= 0.6 is 0 Å². The molecule has 0 amide bonds. The topological polar surface area (TPSA) is 20.2 Å². The third-order valence-electron chi connectivity index (χ3n) is 1.81. The highest BCUT2D eigenvalue weighted by atomic mass is 16.3. The van der Waals surface area contributed by atoms with Crippen LogP contribution in [-0.2, 0) is 6.42 Å². The second kappa shape index (κ2) is 4.70. The summed E-state index contributed by atoms with van der Waals surface area (Å²) in [5, 5.41) is 9.05. The third kappa shape index (κ3) is 3.79. The lowest BCUT2D eigenvalue weighted by atomic mass is 10.1. The Morgan fingerprint density at radius 1 is 1.23 bits per heavy atom. The summed E-state index contributed by atoms with van der Waals surface area (Å²) in [6.07, 6.45) is 5.29. The Hall–Kier alpha value is -1.24. The van der Waals surface area contributed by atoms with Gasteiger partial charge >= 0.3 is 0 Å². The van der Waals surface area contributed by atoms with E-state index in [4.69, 9.17) is 5.11 Å². The van der Waals surface area contributed by atoms with Gasteiger partial charge in [-0.1, -0.05) is 38.1 Å². The second-order valence-corrected chi connectivity index (χ2v) is 3.54. The molecule has 1 aromatic carbocycles. The fourth-order valence-corrected chi connectivity index (χ4v) is 1.11. The quantitative estimate of drug-likeness (QED) is 0.701. The van der Waals surface area contributed by atoms with Gasteiger partial charge < -0.3 is 5.11 Å². The van der Waals surface area contributed by atoms with Crippen molar-refractivity contribution < 1.29 is 5.11 Å². The van der Waals surface area contributed by atoms with Crippen LogP contribution in [0.2, 0.25) is 0 Å². The van der Waals surface area contributed by atoms with Crippen LogP contribution in [0.5, 0.6) is 5.75 Å². The van der Waals surface area contributed by atoms with Crippen molar-refractivity contribution in [3.8, 4) is 5.75 Å². The minimum atomic E-state index is 0.330. The molecule has 0 spiro atoms. The van der Waals surface area contributed by atoms with Gasteiger partial charge in [0.2, 0.25) is 0 Å². The van der Waals surface area contributed by atoms with Gasteiger partial charge in [-0.15, -0.1) is 0 Å². The van der Waals surface area contributed by atoms with Crippen molar-refractivity contribution in [1.82, 2.24) is 0 Å². The number of aromatic hydroxyl groups is 1. The van der Waals surface area contributed by atoms with Crippen LogP contribution in [0.4, 0.5) is 0 Å². The molecule has 0 aliphatic carbocycles. The van der Waals surface area contributed by atoms with Crippen LogP contribution < -0.4 is 0 Å². The zero-order valence-electron chi connectivity index (χ0n) is 8.20. The molecule has 0 bridgehead atoms. The number of phenols is 1. The first kappa shape index (κ1) is 9.85. The molecule has 0 aromatic heterocycles. The Labute approximate surface area is 79.7 Å². The zero-order chi connectivity index (χ0) is 9.68. The van der Waals surface area contributed by atoms with Crippen molar-refractivity contribution in [3.63, 3.8) is 0 Å². The summed E-state index contributed by atoms with van der Waals surface area (Å²) in [7, 11) is 0. The first-order valence-corrected chi connectivity index (χ1v) is 4.63. The van der Waals surface area contributed by atoms with Crippen molar-refractivity contribution in [3.05, 3.63) is 42.0 Å². The van der Waals surface area contributed by atoms with E-state index in [1.54, 1.807) is 12.1 Å². The van der Waals surface area contributed by atoms with Gasteiger partial charge in [0.15, 0.2) is 0 Å². The van der Waals surface area contributed by atoms with Crippen molar-refractivity contribution in [2.45, 2.75) is 20.3 Å². The summed E-state index contributed by atoms with van der Waals surface area (Å²) in [4.78, 5) is 0. The molecule has 0 aliphatic heterocycles. The Kier molecular flexibility index (Phi) is 3.56. The number of hydrogen-bond acceptors (Lipinski definition) is 1. The molecule has 1 aromatic rings. The van der Waals surface area contributed by atoms with Gasteiger partial charge in [-0.25, -0.2) is 0 Å². The van der Waals surface area contributed by atoms with E-state index >= 15 is 0 Å². The van der Waals surface area contributed by atoms with E-state index < -0.39 is 0 Å². The van der Waals surface area contributed by atoms with Crippen LogP contribution in [0.15, 0.2) is 36.4 Å². The summed E-state index contributed by atoms with van der Waals surface area (Å²) in [6.45, 7) is 4.32. The molecular weight excluding hydrogens is 160 g/mol. The fourth-order valence-electron chi connectivity index (χ4n) is 1.11.